The summed E-state index contributed by atoms with van der Waals surface area (Å²) in [5.41, 5.74) is 0.844. The molecule has 1 heterocycles. The SMILES string of the molecule is O=C1NCC(c2ccc(Cl)cc2)C(=O)N1. The lowest BCUT2D eigenvalue weighted by Gasteiger charge is -2.22. The first-order valence-corrected chi connectivity index (χ1v) is 4.89. The number of rotatable bonds is 1. The number of carbonyl (C=O) groups excluding carboxylic acids is 2. The summed E-state index contributed by atoms with van der Waals surface area (Å²) >= 11 is 5.74. The molecule has 2 N–H and O–H groups in total. The zero-order valence-electron chi connectivity index (χ0n) is 7.79. The van der Waals surface area contributed by atoms with Crippen LogP contribution >= 0.6 is 11.6 Å². The second-order valence-electron chi connectivity index (χ2n) is 3.30. The molecule has 0 spiro atoms. The third kappa shape index (κ3) is 2.10. The maximum absolute atomic E-state index is 11.5. The molecule has 3 amide bonds. The largest absolute Gasteiger partial charge is 0.337 e. The number of imide groups is 1. The Morgan fingerprint density at radius 3 is 2.47 bits per heavy atom. The van der Waals surface area contributed by atoms with E-state index < -0.39 is 6.03 Å². The average molecular weight is 225 g/mol. The molecule has 1 saturated heterocycles. The molecule has 0 aliphatic carbocycles. The van der Waals surface area contributed by atoms with Crippen LogP contribution in [0.25, 0.3) is 0 Å². The van der Waals surface area contributed by atoms with E-state index in [9.17, 15) is 9.59 Å². The molecule has 0 aromatic heterocycles. The Hall–Kier alpha value is -1.55. The minimum atomic E-state index is -0.440. The van der Waals surface area contributed by atoms with Crippen molar-refractivity contribution >= 4 is 23.5 Å². The Morgan fingerprint density at radius 1 is 1.20 bits per heavy atom. The highest BCUT2D eigenvalue weighted by Gasteiger charge is 2.27. The Labute approximate surface area is 91.6 Å². The fourth-order valence-corrected chi connectivity index (χ4v) is 1.62. The lowest BCUT2D eigenvalue weighted by atomic mass is 9.97. The number of carbonyl (C=O) groups is 2. The van der Waals surface area contributed by atoms with Gasteiger partial charge in [0.05, 0.1) is 5.92 Å². The summed E-state index contributed by atoms with van der Waals surface area (Å²) in [4.78, 5) is 22.3. The molecule has 1 aromatic carbocycles. The summed E-state index contributed by atoms with van der Waals surface area (Å²) in [5.74, 6) is -0.610. The van der Waals surface area contributed by atoms with E-state index in [1.165, 1.54) is 0 Å². The van der Waals surface area contributed by atoms with Crippen molar-refractivity contribution in [2.45, 2.75) is 5.92 Å². The molecule has 1 aliphatic rings. The van der Waals surface area contributed by atoms with Gasteiger partial charge in [0.25, 0.3) is 0 Å². The van der Waals surface area contributed by atoms with Crippen LogP contribution in [0.4, 0.5) is 4.79 Å². The van der Waals surface area contributed by atoms with Crippen LogP contribution < -0.4 is 10.6 Å². The van der Waals surface area contributed by atoms with Crippen LogP contribution in [0.1, 0.15) is 11.5 Å². The van der Waals surface area contributed by atoms with Crippen LogP contribution in [0.2, 0.25) is 5.02 Å². The molecule has 1 unspecified atom stereocenters. The molecule has 1 atom stereocenters. The van der Waals surface area contributed by atoms with Gasteiger partial charge < -0.3 is 5.32 Å². The molecular formula is C10H9ClN2O2. The summed E-state index contributed by atoms with van der Waals surface area (Å²) in [5, 5.41) is 5.42. The number of hydrogen-bond donors (Lipinski definition) is 2. The lowest BCUT2D eigenvalue weighted by molar-refractivity contribution is -0.122. The van der Waals surface area contributed by atoms with E-state index >= 15 is 0 Å². The quantitative estimate of drug-likeness (QED) is 0.755. The van der Waals surface area contributed by atoms with Crippen LogP contribution in [0.15, 0.2) is 24.3 Å². The topological polar surface area (TPSA) is 58.2 Å². The zero-order chi connectivity index (χ0) is 10.8. The molecular weight excluding hydrogens is 216 g/mol. The van der Waals surface area contributed by atoms with E-state index in [2.05, 4.69) is 10.6 Å². The summed E-state index contributed by atoms with van der Waals surface area (Å²) < 4.78 is 0. The molecule has 78 valence electrons. The summed E-state index contributed by atoms with van der Waals surface area (Å²) in [7, 11) is 0. The minimum absolute atomic E-state index is 0.277. The lowest BCUT2D eigenvalue weighted by Crippen LogP contribution is -2.50. The van der Waals surface area contributed by atoms with E-state index in [4.69, 9.17) is 11.6 Å². The van der Waals surface area contributed by atoms with Gasteiger partial charge in [-0.05, 0) is 17.7 Å². The first-order valence-electron chi connectivity index (χ1n) is 4.51. The highest BCUT2D eigenvalue weighted by molar-refractivity contribution is 6.30. The summed E-state index contributed by atoms with van der Waals surface area (Å²) in [6.07, 6.45) is 0. The molecule has 15 heavy (non-hydrogen) atoms. The fraction of sp³-hybridized carbons (Fsp3) is 0.200. The van der Waals surface area contributed by atoms with E-state index in [-0.39, 0.29) is 11.8 Å². The Kier molecular flexibility index (Phi) is 2.60. The zero-order valence-corrected chi connectivity index (χ0v) is 8.54. The average Bonchev–Trinajstić information content (AvgIpc) is 2.20. The van der Waals surface area contributed by atoms with Gasteiger partial charge in [0.1, 0.15) is 0 Å². The van der Waals surface area contributed by atoms with Crippen LogP contribution in [0.5, 0.6) is 0 Å². The minimum Gasteiger partial charge on any atom is -0.337 e. The Bertz CT molecular complexity index is 402. The van der Waals surface area contributed by atoms with Crippen molar-refractivity contribution in [1.29, 1.82) is 0 Å². The van der Waals surface area contributed by atoms with Crippen molar-refractivity contribution in [3.05, 3.63) is 34.9 Å². The van der Waals surface area contributed by atoms with Gasteiger partial charge >= 0.3 is 6.03 Å². The molecule has 0 radical (unpaired) electrons. The van der Waals surface area contributed by atoms with Crippen molar-refractivity contribution in [3.63, 3.8) is 0 Å². The van der Waals surface area contributed by atoms with Crippen LogP contribution in [-0.4, -0.2) is 18.5 Å². The van der Waals surface area contributed by atoms with Gasteiger partial charge in [0.15, 0.2) is 0 Å². The number of urea groups is 1. The predicted molar refractivity (Wildman–Crippen MR) is 55.7 cm³/mol. The van der Waals surface area contributed by atoms with Crippen molar-refractivity contribution in [3.8, 4) is 0 Å². The third-order valence-corrected chi connectivity index (χ3v) is 2.54. The summed E-state index contributed by atoms with van der Waals surface area (Å²) in [6, 6.07) is 6.57. The molecule has 1 aromatic rings. The second kappa shape index (κ2) is 3.90. The van der Waals surface area contributed by atoms with Crippen LogP contribution in [0.3, 0.4) is 0 Å². The highest BCUT2D eigenvalue weighted by atomic mass is 35.5. The van der Waals surface area contributed by atoms with Gasteiger partial charge in [-0.15, -0.1) is 0 Å². The summed E-state index contributed by atoms with van der Waals surface area (Å²) in [6.45, 7) is 0.326. The van der Waals surface area contributed by atoms with Gasteiger partial charge in [0, 0.05) is 11.6 Å². The first kappa shape index (κ1) is 9.98. The van der Waals surface area contributed by atoms with E-state index in [1.54, 1.807) is 24.3 Å². The normalized spacial score (nSPS) is 20.7. The van der Waals surface area contributed by atoms with Crippen LogP contribution in [-0.2, 0) is 4.79 Å². The smallest absolute Gasteiger partial charge is 0.321 e. The third-order valence-electron chi connectivity index (χ3n) is 2.29. The van der Waals surface area contributed by atoms with E-state index in [0.29, 0.717) is 11.6 Å². The number of halogens is 1. The maximum atomic E-state index is 11.5. The van der Waals surface area contributed by atoms with Crippen molar-refractivity contribution in [2.75, 3.05) is 6.54 Å². The van der Waals surface area contributed by atoms with Crippen molar-refractivity contribution < 1.29 is 9.59 Å². The van der Waals surface area contributed by atoms with Gasteiger partial charge in [-0.1, -0.05) is 23.7 Å². The van der Waals surface area contributed by atoms with Gasteiger partial charge in [-0.3, -0.25) is 10.1 Å². The van der Waals surface area contributed by atoms with Crippen LogP contribution in [0, 0.1) is 0 Å². The van der Waals surface area contributed by atoms with Crippen molar-refractivity contribution in [2.24, 2.45) is 0 Å². The Morgan fingerprint density at radius 2 is 1.87 bits per heavy atom. The molecule has 0 bridgehead atoms. The number of nitrogens with one attached hydrogen (secondary N) is 2. The number of amides is 3. The molecule has 4 nitrogen and oxygen atoms in total. The standard InChI is InChI=1S/C10H9ClN2O2/c11-7-3-1-6(2-4-7)8-5-12-10(15)13-9(8)14/h1-4,8H,5H2,(H2,12,13,14,15). The molecule has 0 saturated carbocycles. The van der Waals surface area contributed by atoms with Crippen molar-refractivity contribution in [1.82, 2.24) is 10.6 Å². The Balaban J connectivity index is 2.20. The predicted octanol–water partition coefficient (Wildman–Crippen LogP) is 1.26. The first-order chi connectivity index (χ1) is 7.16. The number of benzene rings is 1. The molecule has 5 heteroatoms. The van der Waals surface area contributed by atoms with Gasteiger partial charge in [-0.25, -0.2) is 4.79 Å². The van der Waals surface area contributed by atoms with E-state index in [1.807, 2.05) is 0 Å². The van der Waals surface area contributed by atoms with Gasteiger partial charge in [-0.2, -0.15) is 0 Å². The van der Waals surface area contributed by atoms with Gasteiger partial charge in [0.2, 0.25) is 5.91 Å². The van der Waals surface area contributed by atoms with E-state index in [0.717, 1.165) is 5.56 Å². The molecule has 1 fully saturated rings. The number of hydrogen-bond acceptors (Lipinski definition) is 2. The molecule has 1 aliphatic heterocycles. The maximum Gasteiger partial charge on any atom is 0.321 e. The highest BCUT2D eigenvalue weighted by Crippen LogP contribution is 2.19. The molecule has 2 rings (SSSR count). The second-order valence-corrected chi connectivity index (χ2v) is 3.74. The fourth-order valence-electron chi connectivity index (χ4n) is 1.49. The monoisotopic (exact) mass is 224 g/mol.